The van der Waals surface area contributed by atoms with E-state index in [4.69, 9.17) is 28.9 Å². The summed E-state index contributed by atoms with van der Waals surface area (Å²) in [6.45, 7) is 5.24. The van der Waals surface area contributed by atoms with E-state index in [1.165, 1.54) is 22.0 Å². The van der Waals surface area contributed by atoms with E-state index < -0.39 is 0 Å². The van der Waals surface area contributed by atoms with Crippen LogP contribution < -0.4 is 5.73 Å². The molecular formula is C22H26Cl2N2. The number of H-pyrrole nitrogens is 1. The van der Waals surface area contributed by atoms with Gasteiger partial charge in [-0.15, -0.1) is 0 Å². The smallest absolute Gasteiger partial charge is 0.0599 e. The first-order valence-corrected chi connectivity index (χ1v) is 10.1. The highest BCUT2D eigenvalue weighted by Crippen LogP contribution is 2.36. The third-order valence-electron chi connectivity index (χ3n) is 5.20. The standard InChI is InChI=1S/C22H26Cl2N2/c1-3-14(2)15-8-10-21-18(12-15)17(6-4-5-11-25)22(26-21)16-7-9-19(23)20(24)13-16/h7-10,12-14,26H,3-6,11,25H2,1-2H3. The van der Waals surface area contributed by atoms with Gasteiger partial charge < -0.3 is 10.7 Å². The van der Waals surface area contributed by atoms with Crippen LogP contribution in [0.1, 0.15) is 50.2 Å². The zero-order chi connectivity index (χ0) is 18.7. The Morgan fingerprint density at radius 2 is 1.85 bits per heavy atom. The van der Waals surface area contributed by atoms with Crippen LogP contribution >= 0.6 is 23.2 Å². The largest absolute Gasteiger partial charge is 0.354 e. The van der Waals surface area contributed by atoms with Gasteiger partial charge >= 0.3 is 0 Å². The zero-order valence-corrected chi connectivity index (χ0v) is 16.9. The molecule has 0 amide bonds. The van der Waals surface area contributed by atoms with Crippen LogP contribution in [0.3, 0.4) is 0 Å². The third-order valence-corrected chi connectivity index (χ3v) is 5.94. The number of hydrogen-bond donors (Lipinski definition) is 2. The number of hydrogen-bond acceptors (Lipinski definition) is 1. The van der Waals surface area contributed by atoms with Gasteiger partial charge in [-0.05, 0) is 79.1 Å². The van der Waals surface area contributed by atoms with E-state index in [1.54, 1.807) is 0 Å². The predicted octanol–water partition coefficient (Wildman–Crippen LogP) is 6.94. The Morgan fingerprint density at radius 3 is 2.54 bits per heavy atom. The Kier molecular flexibility index (Phi) is 6.29. The van der Waals surface area contributed by atoms with Crippen molar-refractivity contribution in [3.63, 3.8) is 0 Å². The summed E-state index contributed by atoms with van der Waals surface area (Å²) in [5, 5.41) is 2.46. The molecule has 1 heterocycles. The third kappa shape index (κ3) is 3.93. The zero-order valence-electron chi connectivity index (χ0n) is 15.4. The summed E-state index contributed by atoms with van der Waals surface area (Å²) in [4.78, 5) is 3.61. The first kappa shape index (κ1) is 19.3. The van der Waals surface area contributed by atoms with Gasteiger partial charge in [0, 0.05) is 16.6 Å². The second-order valence-corrected chi connectivity index (χ2v) is 7.78. The summed E-state index contributed by atoms with van der Waals surface area (Å²) in [5.41, 5.74) is 11.8. The van der Waals surface area contributed by atoms with Crippen molar-refractivity contribution in [1.29, 1.82) is 0 Å². The van der Waals surface area contributed by atoms with Crippen LogP contribution in [-0.4, -0.2) is 11.5 Å². The fourth-order valence-corrected chi connectivity index (χ4v) is 3.71. The molecule has 2 nitrogen and oxygen atoms in total. The maximum Gasteiger partial charge on any atom is 0.0599 e. The molecule has 138 valence electrons. The predicted molar refractivity (Wildman–Crippen MR) is 114 cm³/mol. The van der Waals surface area contributed by atoms with Gasteiger partial charge in [-0.25, -0.2) is 0 Å². The van der Waals surface area contributed by atoms with Gasteiger partial charge in [0.05, 0.1) is 10.0 Å². The van der Waals surface area contributed by atoms with Crippen molar-refractivity contribution in [3.8, 4) is 11.3 Å². The van der Waals surface area contributed by atoms with E-state index in [0.717, 1.165) is 43.5 Å². The molecule has 0 spiro atoms. The van der Waals surface area contributed by atoms with Gasteiger partial charge in [-0.3, -0.25) is 0 Å². The van der Waals surface area contributed by atoms with Crippen molar-refractivity contribution in [1.82, 2.24) is 4.98 Å². The molecule has 3 N–H and O–H groups in total. The highest BCUT2D eigenvalue weighted by molar-refractivity contribution is 6.42. The number of aromatic nitrogens is 1. The lowest BCUT2D eigenvalue weighted by molar-refractivity contribution is 0.734. The lowest BCUT2D eigenvalue weighted by Gasteiger charge is -2.10. The van der Waals surface area contributed by atoms with E-state index >= 15 is 0 Å². The fourth-order valence-electron chi connectivity index (χ4n) is 3.41. The fraction of sp³-hybridized carbons (Fsp3) is 0.364. The minimum Gasteiger partial charge on any atom is -0.354 e. The van der Waals surface area contributed by atoms with Gasteiger partial charge in [-0.2, -0.15) is 0 Å². The topological polar surface area (TPSA) is 41.8 Å². The molecule has 2 aromatic carbocycles. The summed E-state index contributed by atoms with van der Waals surface area (Å²) in [5.74, 6) is 0.555. The molecular weight excluding hydrogens is 363 g/mol. The summed E-state index contributed by atoms with van der Waals surface area (Å²) in [6.07, 6.45) is 4.23. The molecule has 0 saturated heterocycles. The first-order valence-electron chi connectivity index (χ1n) is 9.35. The monoisotopic (exact) mass is 388 g/mol. The Morgan fingerprint density at radius 1 is 1.04 bits per heavy atom. The maximum absolute atomic E-state index is 6.26. The normalized spacial score (nSPS) is 12.7. The number of aromatic amines is 1. The molecule has 0 fully saturated rings. The molecule has 0 aliphatic rings. The molecule has 1 aromatic heterocycles. The van der Waals surface area contributed by atoms with Crippen molar-refractivity contribution in [2.45, 2.75) is 45.4 Å². The first-order chi connectivity index (χ1) is 12.5. The van der Waals surface area contributed by atoms with Crippen LogP contribution in [0.2, 0.25) is 10.0 Å². The number of nitrogens with one attached hydrogen (secondary N) is 1. The number of fused-ring (bicyclic) bond motifs is 1. The maximum atomic E-state index is 6.26. The number of aryl methyl sites for hydroxylation is 1. The highest BCUT2D eigenvalue weighted by Gasteiger charge is 2.15. The van der Waals surface area contributed by atoms with E-state index in [9.17, 15) is 0 Å². The average molecular weight is 389 g/mol. The van der Waals surface area contributed by atoms with Crippen LogP contribution in [0.5, 0.6) is 0 Å². The quantitative estimate of drug-likeness (QED) is 0.422. The summed E-state index contributed by atoms with van der Waals surface area (Å²) >= 11 is 12.4. The summed E-state index contributed by atoms with van der Waals surface area (Å²) in [6, 6.07) is 12.6. The number of rotatable bonds is 7. The Labute approximate surface area is 165 Å². The lowest BCUT2D eigenvalue weighted by atomic mass is 9.94. The molecule has 3 rings (SSSR count). The van der Waals surface area contributed by atoms with Crippen molar-refractivity contribution >= 4 is 34.1 Å². The second kappa shape index (κ2) is 8.47. The van der Waals surface area contributed by atoms with Crippen molar-refractivity contribution in [2.24, 2.45) is 5.73 Å². The number of nitrogens with two attached hydrogens (primary N) is 1. The van der Waals surface area contributed by atoms with Crippen LogP contribution in [0.25, 0.3) is 22.2 Å². The van der Waals surface area contributed by atoms with Crippen molar-refractivity contribution < 1.29 is 0 Å². The Balaban J connectivity index is 2.13. The van der Waals surface area contributed by atoms with Crippen LogP contribution in [0.15, 0.2) is 36.4 Å². The van der Waals surface area contributed by atoms with E-state index in [1.807, 2.05) is 18.2 Å². The number of benzene rings is 2. The second-order valence-electron chi connectivity index (χ2n) is 6.97. The SMILES string of the molecule is CCC(C)c1ccc2[nH]c(-c3ccc(Cl)c(Cl)c3)c(CCCCN)c2c1. The number of unbranched alkanes of at least 4 members (excludes halogenated alkanes) is 1. The van der Waals surface area contributed by atoms with E-state index in [-0.39, 0.29) is 0 Å². The minimum absolute atomic E-state index is 0.555. The highest BCUT2D eigenvalue weighted by atomic mass is 35.5. The van der Waals surface area contributed by atoms with Crippen LogP contribution in [-0.2, 0) is 6.42 Å². The van der Waals surface area contributed by atoms with Gasteiger partial charge in [0.1, 0.15) is 0 Å². The van der Waals surface area contributed by atoms with Gasteiger partial charge in [0.2, 0.25) is 0 Å². The number of halogens is 2. The molecule has 4 heteroatoms. The molecule has 1 atom stereocenters. The van der Waals surface area contributed by atoms with Gasteiger partial charge in [0.25, 0.3) is 0 Å². The molecule has 0 aliphatic heterocycles. The summed E-state index contributed by atoms with van der Waals surface area (Å²) < 4.78 is 0. The van der Waals surface area contributed by atoms with Crippen molar-refractivity contribution in [3.05, 3.63) is 57.6 Å². The molecule has 3 aromatic rings. The molecule has 0 radical (unpaired) electrons. The van der Waals surface area contributed by atoms with Gasteiger partial charge in [0.15, 0.2) is 0 Å². The molecule has 0 bridgehead atoms. The Hall–Kier alpha value is -1.48. The van der Waals surface area contributed by atoms with Crippen molar-refractivity contribution in [2.75, 3.05) is 6.54 Å². The molecule has 26 heavy (non-hydrogen) atoms. The van der Waals surface area contributed by atoms with Crippen LogP contribution in [0, 0.1) is 0 Å². The Bertz CT molecular complexity index is 899. The van der Waals surface area contributed by atoms with E-state index in [2.05, 4.69) is 37.0 Å². The lowest BCUT2D eigenvalue weighted by Crippen LogP contribution is -1.99. The minimum atomic E-state index is 0.555. The molecule has 1 unspecified atom stereocenters. The van der Waals surface area contributed by atoms with Gasteiger partial charge in [-0.1, -0.05) is 49.2 Å². The molecule has 0 saturated carbocycles. The van der Waals surface area contributed by atoms with Crippen LogP contribution in [0.4, 0.5) is 0 Å². The molecule has 0 aliphatic carbocycles. The van der Waals surface area contributed by atoms with E-state index in [0.29, 0.717) is 16.0 Å². The average Bonchev–Trinajstić information content (AvgIpc) is 3.01. The summed E-state index contributed by atoms with van der Waals surface area (Å²) in [7, 11) is 0.